The highest BCUT2D eigenvalue weighted by Crippen LogP contribution is 2.11. The van der Waals surface area contributed by atoms with Gasteiger partial charge in [0, 0.05) is 0 Å². The molecule has 7 nitrogen and oxygen atoms in total. The first kappa shape index (κ1) is 18.2. The van der Waals surface area contributed by atoms with Gasteiger partial charge in [0.05, 0.1) is 0 Å². The number of hydrogen-bond acceptors (Lipinski definition) is 7. The van der Waals surface area contributed by atoms with E-state index in [9.17, 15) is 19.5 Å². The van der Waals surface area contributed by atoms with Crippen molar-refractivity contribution in [2.75, 3.05) is 6.61 Å². The Morgan fingerprint density at radius 3 is 2.28 bits per heavy atom. The van der Waals surface area contributed by atoms with E-state index < -0.39 is 30.4 Å². The average molecular weight is 343 g/mol. The zero-order valence-corrected chi connectivity index (χ0v) is 13.3. The van der Waals surface area contributed by atoms with Gasteiger partial charge in [-0.3, -0.25) is 9.59 Å². The maximum absolute atomic E-state index is 11.8. The number of Topliss-reactive ketones (excluding diaryl/α,β-unsaturated/α-hetero) is 1. The Labute approximate surface area is 144 Å². The summed E-state index contributed by atoms with van der Waals surface area (Å²) in [4.78, 5) is 35.0. The number of benzene rings is 2. The third-order valence-corrected chi connectivity index (χ3v) is 3.22. The predicted octanol–water partition coefficient (Wildman–Crippen LogP) is 0.980. The number of esters is 2. The highest BCUT2D eigenvalue weighted by Gasteiger charge is 2.21. The van der Waals surface area contributed by atoms with E-state index in [1.54, 1.807) is 30.3 Å². The average Bonchev–Trinajstić information content (AvgIpc) is 2.62. The molecule has 0 aromatic heterocycles. The third-order valence-electron chi connectivity index (χ3n) is 3.22. The fraction of sp³-hybridized carbons (Fsp3) is 0.167. The molecule has 0 aliphatic carbocycles. The second-order valence-electron chi connectivity index (χ2n) is 5.21. The number of nitrogens with two attached hydrogens (primary N) is 1. The zero-order valence-electron chi connectivity index (χ0n) is 13.3. The minimum absolute atomic E-state index is 0.0995. The second kappa shape index (κ2) is 8.60. The Balaban J connectivity index is 1.79. The number of phenolic OH excluding ortho intramolecular Hbond substituents is 1. The normalized spacial score (nSPS) is 11.4. The molecule has 3 N–H and O–H groups in total. The number of phenols is 1. The molecule has 0 amide bonds. The predicted molar refractivity (Wildman–Crippen MR) is 87.8 cm³/mol. The van der Waals surface area contributed by atoms with Crippen LogP contribution in [0.15, 0.2) is 54.6 Å². The number of carbonyl (C=O) groups excluding carboxylic acids is 3. The molecule has 130 valence electrons. The van der Waals surface area contributed by atoms with Crippen LogP contribution >= 0.6 is 0 Å². The number of ether oxygens (including phenoxy) is 2. The molecule has 0 heterocycles. The van der Waals surface area contributed by atoms with E-state index in [2.05, 4.69) is 0 Å². The van der Waals surface area contributed by atoms with Crippen LogP contribution in [0.2, 0.25) is 0 Å². The topological polar surface area (TPSA) is 116 Å². The molecular formula is C18H17NO6. The van der Waals surface area contributed by atoms with E-state index in [4.69, 9.17) is 15.2 Å². The number of para-hydroxylation sites is 1. The summed E-state index contributed by atoms with van der Waals surface area (Å²) < 4.78 is 9.60. The van der Waals surface area contributed by atoms with Crippen molar-refractivity contribution in [2.24, 2.45) is 5.73 Å². The Bertz CT molecular complexity index is 742. The highest BCUT2D eigenvalue weighted by atomic mass is 16.6. The first-order chi connectivity index (χ1) is 12.0. The van der Waals surface area contributed by atoms with E-state index >= 15 is 0 Å². The van der Waals surface area contributed by atoms with Crippen molar-refractivity contribution >= 4 is 17.7 Å². The first-order valence-electron chi connectivity index (χ1n) is 7.46. The molecule has 1 atom stereocenters. The summed E-state index contributed by atoms with van der Waals surface area (Å²) in [7, 11) is 0. The van der Waals surface area contributed by atoms with Crippen LogP contribution < -0.4 is 10.5 Å². The Morgan fingerprint density at radius 1 is 1.00 bits per heavy atom. The van der Waals surface area contributed by atoms with Gasteiger partial charge in [-0.15, -0.1) is 0 Å². The summed E-state index contributed by atoms with van der Waals surface area (Å²) >= 11 is 0. The molecule has 25 heavy (non-hydrogen) atoms. The van der Waals surface area contributed by atoms with Crippen LogP contribution in [0.3, 0.4) is 0 Å². The summed E-state index contributed by atoms with van der Waals surface area (Å²) in [5, 5.41) is 9.20. The summed E-state index contributed by atoms with van der Waals surface area (Å²) in [6, 6.07) is 13.2. The molecule has 0 saturated carbocycles. The molecule has 0 radical (unpaired) electrons. The lowest BCUT2D eigenvalue weighted by atomic mass is 10.1. The van der Waals surface area contributed by atoms with Crippen LogP contribution in [-0.4, -0.2) is 35.5 Å². The largest absolute Gasteiger partial charge is 0.508 e. The molecule has 2 rings (SSSR count). The molecule has 0 aliphatic rings. The van der Waals surface area contributed by atoms with Gasteiger partial charge in [0.25, 0.3) is 5.78 Å². The molecule has 0 aliphatic heterocycles. The fourth-order valence-corrected chi connectivity index (χ4v) is 1.92. The van der Waals surface area contributed by atoms with Gasteiger partial charge in [-0.25, -0.2) is 4.79 Å². The summed E-state index contributed by atoms with van der Waals surface area (Å²) in [6.45, 7) is -0.742. The molecule has 0 spiro atoms. The molecule has 2 aromatic carbocycles. The van der Waals surface area contributed by atoms with Gasteiger partial charge in [-0.1, -0.05) is 30.3 Å². The number of hydrogen-bond donors (Lipinski definition) is 2. The summed E-state index contributed by atoms with van der Waals surface area (Å²) in [6.07, 6.45) is 0.168. The van der Waals surface area contributed by atoms with Crippen LogP contribution in [0.4, 0.5) is 0 Å². The van der Waals surface area contributed by atoms with Gasteiger partial charge in [-0.05, 0) is 36.2 Å². The number of ketones is 1. The standard InChI is InChI=1S/C18H17NO6/c19-15(10-12-6-8-13(20)9-7-12)17(22)24-11-16(21)18(23)25-14-4-2-1-3-5-14/h1-9,15,20H,10-11,19H2/t15-/m0/s1. The summed E-state index contributed by atoms with van der Waals surface area (Å²) in [5.74, 6) is -2.60. The zero-order chi connectivity index (χ0) is 18.2. The molecular weight excluding hydrogens is 326 g/mol. The van der Waals surface area contributed by atoms with E-state index in [0.29, 0.717) is 0 Å². The first-order valence-corrected chi connectivity index (χ1v) is 7.46. The second-order valence-corrected chi connectivity index (χ2v) is 5.21. The molecule has 7 heteroatoms. The minimum atomic E-state index is -1.12. The van der Waals surface area contributed by atoms with E-state index in [1.807, 2.05) is 0 Å². The van der Waals surface area contributed by atoms with Gasteiger partial charge in [0.1, 0.15) is 17.5 Å². The quantitative estimate of drug-likeness (QED) is 0.437. The van der Waals surface area contributed by atoms with Crippen molar-refractivity contribution in [1.82, 2.24) is 0 Å². The third kappa shape index (κ3) is 5.74. The number of aromatic hydroxyl groups is 1. The van der Waals surface area contributed by atoms with Crippen molar-refractivity contribution in [3.05, 3.63) is 60.2 Å². The lowest BCUT2D eigenvalue weighted by Crippen LogP contribution is -2.36. The van der Waals surface area contributed by atoms with Crippen LogP contribution in [0.25, 0.3) is 0 Å². The molecule has 2 aromatic rings. The van der Waals surface area contributed by atoms with Gasteiger partial charge in [0.15, 0.2) is 6.61 Å². The van der Waals surface area contributed by atoms with Crippen molar-refractivity contribution in [2.45, 2.75) is 12.5 Å². The van der Waals surface area contributed by atoms with Crippen molar-refractivity contribution in [3.8, 4) is 11.5 Å². The van der Waals surface area contributed by atoms with Crippen molar-refractivity contribution in [1.29, 1.82) is 0 Å². The highest BCUT2D eigenvalue weighted by molar-refractivity contribution is 6.35. The molecule has 0 fully saturated rings. The number of rotatable bonds is 7. The molecule has 0 saturated heterocycles. The van der Waals surface area contributed by atoms with Crippen LogP contribution in [0.5, 0.6) is 11.5 Å². The van der Waals surface area contributed by atoms with Gasteiger partial charge in [-0.2, -0.15) is 0 Å². The number of carbonyl (C=O) groups is 3. The Hall–Kier alpha value is -3.19. The smallest absolute Gasteiger partial charge is 0.383 e. The Morgan fingerprint density at radius 2 is 1.64 bits per heavy atom. The fourth-order valence-electron chi connectivity index (χ4n) is 1.92. The van der Waals surface area contributed by atoms with Crippen molar-refractivity contribution < 1.29 is 29.0 Å². The van der Waals surface area contributed by atoms with Gasteiger partial charge < -0.3 is 20.3 Å². The van der Waals surface area contributed by atoms with Crippen LogP contribution in [0.1, 0.15) is 5.56 Å². The summed E-state index contributed by atoms with van der Waals surface area (Å²) in [5.41, 5.74) is 6.43. The van der Waals surface area contributed by atoms with Crippen molar-refractivity contribution in [3.63, 3.8) is 0 Å². The SMILES string of the molecule is N[C@@H](Cc1ccc(O)cc1)C(=O)OCC(=O)C(=O)Oc1ccccc1. The lowest BCUT2D eigenvalue weighted by molar-refractivity contribution is -0.155. The maximum Gasteiger partial charge on any atom is 0.383 e. The molecule has 0 unspecified atom stereocenters. The van der Waals surface area contributed by atoms with E-state index in [0.717, 1.165) is 5.56 Å². The van der Waals surface area contributed by atoms with E-state index in [-0.39, 0.29) is 17.9 Å². The maximum atomic E-state index is 11.8. The lowest BCUT2D eigenvalue weighted by Gasteiger charge is -2.11. The molecule has 0 bridgehead atoms. The monoisotopic (exact) mass is 343 g/mol. The Kier molecular flexibility index (Phi) is 6.25. The van der Waals surface area contributed by atoms with Crippen LogP contribution in [-0.2, 0) is 25.5 Å². The minimum Gasteiger partial charge on any atom is -0.508 e. The van der Waals surface area contributed by atoms with Gasteiger partial charge in [0.2, 0.25) is 0 Å². The van der Waals surface area contributed by atoms with Crippen LogP contribution in [0, 0.1) is 0 Å². The van der Waals surface area contributed by atoms with E-state index in [1.165, 1.54) is 24.3 Å². The van der Waals surface area contributed by atoms with Gasteiger partial charge >= 0.3 is 11.9 Å².